The van der Waals surface area contributed by atoms with Crippen molar-refractivity contribution in [3.8, 4) is 0 Å². The number of sulfonamides is 1. The van der Waals surface area contributed by atoms with Crippen LogP contribution in [0.25, 0.3) is 21.9 Å². The van der Waals surface area contributed by atoms with Crippen molar-refractivity contribution in [2.24, 2.45) is 5.92 Å². The molecule has 5 rings (SSSR count). The van der Waals surface area contributed by atoms with Gasteiger partial charge in [-0.05, 0) is 43.7 Å². The molecular weight excluding hydrogens is 414 g/mol. The van der Waals surface area contributed by atoms with Crippen molar-refractivity contribution >= 4 is 37.6 Å². The molecule has 9 heteroatoms. The van der Waals surface area contributed by atoms with E-state index >= 15 is 0 Å². The summed E-state index contributed by atoms with van der Waals surface area (Å²) in [5.41, 5.74) is 2.90. The van der Waals surface area contributed by atoms with Crippen LogP contribution in [0.5, 0.6) is 0 Å². The van der Waals surface area contributed by atoms with E-state index in [2.05, 4.69) is 25.9 Å². The van der Waals surface area contributed by atoms with E-state index in [1.807, 2.05) is 18.5 Å². The number of nitrogens with one attached hydrogen (secondary N) is 1. The molecule has 0 radical (unpaired) electrons. The van der Waals surface area contributed by atoms with Crippen LogP contribution in [0.1, 0.15) is 25.7 Å². The van der Waals surface area contributed by atoms with Gasteiger partial charge in [0.05, 0.1) is 23.6 Å². The Morgan fingerprint density at radius 3 is 2.81 bits per heavy atom. The molecule has 1 unspecified atom stereocenters. The number of H-pyrrole nitrogens is 1. The lowest BCUT2D eigenvalue weighted by atomic mass is 9.98. The summed E-state index contributed by atoms with van der Waals surface area (Å²) in [6.45, 7) is 2.79. The van der Waals surface area contributed by atoms with Crippen LogP contribution in [0, 0.1) is 5.92 Å². The topological polar surface area (TPSA) is 91.4 Å². The molecule has 0 bridgehead atoms. The fraction of sp³-hybridized carbons (Fsp3) is 0.545. The molecule has 3 aromatic rings. The maximum Gasteiger partial charge on any atom is 0.214 e. The van der Waals surface area contributed by atoms with Gasteiger partial charge in [0.15, 0.2) is 5.65 Å². The molecule has 2 saturated heterocycles. The third-order valence-corrected chi connectivity index (χ3v) is 8.75. The van der Waals surface area contributed by atoms with E-state index in [-0.39, 0.29) is 17.8 Å². The summed E-state index contributed by atoms with van der Waals surface area (Å²) < 4.78 is 33.0. The number of aromatic amines is 1. The summed E-state index contributed by atoms with van der Waals surface area (Å²) in [4.78, 5) is 14.4. The van der Waals surface area contributed by atoms with E-state index in [1.165, 1.54) is 0 Å². The van der Waals surface area contributed by atoms with Gasteiger partial charge >= 0.3 is 0 Å². The van der Waals surface area contributed by atoms with Crippen molar-refractivity contribution < 1.29 is 13.2 Å². The van der Waals surface area contributed by atoms with Gasteiger partial charge in [0.2, 0.25) is 10.0 Å². The first-order valence-electron chi connectivity index (χ1n) is 11.0. The molecule has 166 valence electrons. The molecule has 31 heavy (non-hydrogen) atoms. The van der Waals surface area contributed by atoms with Crippen LogP contribution in [-0.2, 0) is 14.8 Å². The molecule has 2 fully saturated rings. The second kappa shape index (κ2) is 8.37. The fourth-order valence-electron chi connectivity index (χ4n) is 5.00. The van der Waals surface area contributed by atoms with Gasteiger partial charge < -0.3 is 14.6 Å². The fourth-order valence-corrected chi connectivity index (χ4v) is 6.94. The van der Waals surface area contributed by atoms with Crippen molar-refractivity contribution in [2.45, 2.75) is 31.8 Å². The highest BCUT2D eigenvalue weighted by Crippen LogP contribution is 2.34. The van der Waals surface area contributed by atoms with Gasteiger partial charge in [0.1, 0.15) is 0 Å². The monoisotopic (exact) mass is 443 g/mol. The van der Waals surface area contributed by atoms with E-state index in [0.717, 1.165) is 66.4 Å². The minimum Gasteiger partial charge on any atom is -0.380 e. The number of fused-ring (bicyclic) bond motifs is 3. The Morgan fingerprint density at radius 1 is 1.16 bits per heavy atom. The van der Waals surface area contributed by atoms with Crippen LogP contribution in [-0.4, -0.2) is 72.8 Å². The zero-order valence-corrected chi connectivity index (χ0v) is 18.6. The molecule has 1 N–H and O–H groups in total. The van der Waals surface area contributed by atoms with Gasteiger partial charge in [-0.25, -0.2) is 18.4 Å². The smallest absolute Gasteiger partial charge is 0.214 e. The molecule has 1 atom stereocenters. The number of hydrogen-bond acceptors (Lipinski definition) is 6. The molecule has 3 aromatic heterocycles. The lowest BCUT2D eigenvalue weighted by Crippen LogP contribution is -2.45. The number of nitrogens with zero attached hydrogens (tertiary/aromatic N) is 4. The Hall–Kier alpha value is -2.23. The molecule has 2 aliphatic rings. The Labute approximate surface area is 182 Å². The second-order valence-corrected chi connectivity index (χ2v) is 10.7. The van der Waals surface area contributed by atoms with E-state index in [1.54, 1.807) is 17.6 Å². The summed E-state index contributed by atoms with van der Waals surface area (Å²) in [5.74, 6) is 0.426. The Morgan fingerprint density at radius 2 is 2.00 bits per heavy atom. The zero-order valence-electron chi connectivity index (χ0n) is 17.8. The largest absolute Gasteiger partial charge is 0.380 e. The summed E-state index contributed by atoms with van der Waals surface area (Å²) >= 11 is 0. The van der Waals surface area contributed by atoms with Gasteiger partial charge in [-0.2, -0.15) is 4.31 Å². The van der Waals surface area contributed by atoms with Crippen molar-refractivity contribution in [1.82, 2.24) is 19.3 Å². The molecular formula is C22H29N5O3S. The predicted octanol–water partition coefficient (Wildman–Crippen LogP) is 2.77. The normalized spacial score (nSPS) is 21.8. The first kappa shape index (κ1) is 20.7. The molecule has 5 heterocycles. The number of hydrogen-bond donors (Lipinski definition) is 1. The highest BCUT2D eigenvalue weighted by Gasteiger charge is 2.32. The quantitative estimate of drug-likeness (QED) is 0.652. The zero-order chi connectivity index (χ0) is 21.4. The van der Waals surface area contributed by atoms with E-state index in [4.69, 9.17) is 4.74 Å². The summed E-state index contributed by atoms with van der Waals surface area (Å²) in [6, 6.07) is 4.11. The summed E-state index contributed by atoms with van der Waals surface area (Å²) in [5, 5.41) is 2.18. The molecule has 2 aliphatic heterocycles. The molecule has 0 aromatic carbocycles. The molecule has 0 spiro atoms. The summed E-state index contributed by atoms with van der Waals surface area (Å²) in [6.07, 6.45) is 9.13. The summed E-state index contributed by atoms with van der Waals surface area (Å²) in [7, 11) is -1.59. The third-order valence-electron chi connectivity index (χ3n) is 6.74. The van der Waals surface area contributed by atoms with Gasteiger partial charge in [0, 0.05) is 62.1 Å². The maximum absolute atomic E-state index is 13.0. The number of ether oxygens (including phenoxy) is 1. The minimum atomic E-state index is -3.25. The van der Waals surface area contributed by atoms with Crippen LogP contribution < -0.4 is 4.90 Å². The lowest BCUT2D eigenvalue weighted by molar-refractivity contribution is 0.0570. The highest BCUT2D eigenvalue weighted by atomic mass is 32.2. The highest BCUT2D eigenvalue weighted by molar-refractivity contribution is 7.89. The number of pyridine rings is 2. The lowest BCUT2D eigenvalue weighted by Gasteiger charge is -2.36. The molecule has 0 aliphatic carbocycles. The Bertz CT molecular complexity index is 1170. The number of rotatable bonds is 5. The van der Waals surface area contributed by atoms with Crippen LogP contribution >= 0.6 is 0 Å². The second-order valence-electron chi connectivity index (χ2n) is 8.66. The molecule has 8 nitrogen and oxygen atoms in total. The SMILES string of the molecule is COC1CCCN(S(=O)(=O)CC2CCN(c3cc[nH]c4cnc5nccc5c34)CC2)C1. The van der Waals surface area contributed by atoms with E-state index < -0.39 is 10.0 Å². The van der Waals surface area contributed by atoms with Crippen molar-refractivity contribution in [3.63, 3.8) is 0 Å². The molecule has 0 amide bonds. The third kappa shape index (κ3) is 4.02. The standard InChI is InChI=1S/C22H29N5O3S/c1-30-17-3-2-10-27(14-17)31(28,29)15-16-6-11-26(12-7-16)20-5-9-23-19-13-25-22-18(21(19)20)4-8-24-22/h4-5,8-9,13,16-17,23H,2-3,6-7,10-12,14-15H2,1H3. The number of piperidine rings is 2. The number of aromatic nitrogens is 3. The van der Waals surface area contributed by atoms with Gasteiger partial charge in [-0.15, -0.1) is 0 Å². The van der Waals surface area contributed by atoms with Crippen molar-refractivity contribution in [2.75, 3.05) is 43.9 Å². The van der Waals surface area contributed by atoms with Gasteiger partial charge in [-0.1, -0.05) is 0 Å². The van der Waals surface area contributed by atoms with Crippen molar-refractivity contribution in [1.29, 1.82) is 0 Å². The van der Waals surface area contributed by atoms with Gasteiger partial charge in [-0.3, -0.25) is 0 Å². The van der Waals surface area contributed by atoms with Crippen LogP contribution in [0.4, 0.5) is 5.69 Å². The predicted molar refractivity (Wildman–Crippen MR) is 122 cm³/mol. The number of anilines is 1. The average molecular weight is 444 g/mol. The first-order valence-corrected chi connectivity index (χ1v) is 12.6. The van der Waals surface area contributed by atoms with Gasteiger partial charge in [0.25, 0.3) is 0 Å². The Balaban J connectivity index is 1.29. The number of methoxy groups -OCH3 is 1. The minimum absolute atomic E-state index is 0.0190. The van der Waals surface area contributed by atoms with Crippen LogP contribution in [0.3, 0.4) is 0 Å². The average Bonchev–Trinajstić information content (AvgIpc) is 3.28. The Kier molecular flexibility index (Phi) is 5.58. The van der Waals surface area contributed by atoms with Crippen molar-refractivity contribution in [3.05, 3.63) is 30.7 Å². The van der Waals surface area contributed by atoms with Crippen LogP contribution in [0.15, 0.2) is 30.7 Å². The van der Waals surface area contributed by atoms with Crippen LogP contribution in [0.2, 0.25) is 0 Å². The van der Waals surface area contributed by atoms with E-state index in [9.17, 15) is 8.42 Å². The molecule has 0 saturated carbocycles. The maximum atomic E-state index is 13.0. The van der Waals surface area contributed by atoms with E-state index in [0.29, 0.717) is 13.1 Å². The first-order chi connectivity index (χ1) is 15.0.